The van der Waals surface area contributed by atoms with Crippen molar-refractivity contribution in [3.63, 3.8) is 0 Å². The first kappa shape index (κ1) is 15.8. The number of anilines is 1. The molecule has 1 fully saturated rings. The SMILES string of the molecule is Cc1cc2ncnc(N3CCC(Cn4cncc(C)c4=O)CC3)c2[nH]1. The van der Waals surface area contributed by atoms with Crippen LogP contribution in [0.3, 0.4) is 0 Å². The van der Waals surface area contributed by atoms with Crippen molar-refractivity contribution in [2.75, 3.05) is 18.0 Å². The van der Waals surface area contributed by atoms with Gasteiger partial charge in [-0.25, -0.2) is 15.0 Å². The Balaban J connectivity index is 1.48. The van der Waals surface area contributed by atoms with Crippen LogP contribution in [-0.2, 0) is 6.54 Å². The van der Waals surface area contributed by atoms with Crippen LogP contribution in [0.1, 0.15) is 24.1 Å². The molecule has 0 amide bonds. The van der Waals surface area contributed by atoms with Gasteiger partial charge in [-0.1, -0.05) is 0 Å². The fourth-order valence-electron chi connectivity index (χ4n) is 3.59. The number of H-pyrrole nitrogens is 1. The van der Waals surface area contributed by atoms with E-state index < -0.39 is 0 Å². The van der Waals surface area contributed by atoms with Crippen LogP contribution in [0.25, 0.3) is 11.0 Å². The Bertz CT molecular complexity index is 952. The van der Waals surface area contributed by atoms with Crippen molar-refractivity contribution in [2.24, 2.45) is 5.92 Å². The Morgan fingerprint density at radius 2 is 2.04 bits per heavy atom. The lowest BCUT2D eigenvalue weighted by atomic mass is 9.96. The summed E-state index contributed by atoms with van der Waals surface area (Å²) in [6, 6.07) is 2.05. The van der Waals surface area contributed by atoms with Crippen molar-refractivity contribution < 1.29 is 0 Å². The Hall–Kier alpha value is -2.70. The Kier molecular flexibility index (Phi) is 3.99. The normalized spacial score (nSPS) is 15.8. The van der Waals surface area contributed by atoms with Gasteiger partial charge in [0, 0.05) is 37.1 Å². The van der Waals surface area contributed by atoms with E-state index in [0.717, 1.165) is 55.0 Å². The van der Waals surface area contributed by atoms with Crippen LogP contribution in [-0.4, -0.2) is 37.6 Å². The summed E-state index contributed by atoms with van der Waals surface area (Å²) in [4.78, 5) is 30.8. The van der Waals surface area contributed by atoms with Crippen LogP contribution in [0, 0.1) is 19.8 Å². The minimum atomic E-state index is 0.0665. The number of hydrogen-bond donors (Lipinski definition) is 1. The maximum atomic E-state index is 12.2. The molecule has 1 N–H and O–H groups in total. The predicted octanol–water partition coefficient (Wildman–Crippen LogP) is 2.05. The van der Waals surface area contributed by atoms with E-state index in [1.807, 2.05) is 19.9 Å². The van der Waals surface area contributed by atoms with E-state index in [1.165, 1.54) is 0 Å². The molecule has 0 bridgehead atoms. The van der Waals surface area contributed by atoms with Gasteiger partial charge >= 0.3 is 0 Å². The van der Waals surface area contributed by atoms with Crippen molar-refractivity contribution in [1.82, 2.24) is 24.5 Å². The summed E-state index contributed by atoms with van der Waals surface area (Å²) in [6.07, 6.45) is 6.98. The topological polar surface area (TPSA) is 79.7 Å². The lowest BCUT2D eigenvalue weighted by Crippen LogP contribution is -2.37. The van der Waals surface area contributed by atoms with Crippen LogP contribution >= 0.6 is 0 Å². The van der Waals surface area contributed by atoms with Gasteiger partial charge in [-0.15, -0.1) is 0 Å². The van der Waals surface area contributed by atoms with Gasteiger partial charge in [0.2, 0.25) is 0 Å². The molecule has 0 saturated carbocycles. The molecular formula is C18H22N6O. The molecule has 0 spiro atoms. The summed E-state index contributed by atoms with van der Waals surface area (Å²) in [7, 11) is 0. The number of rotatable bonds is 3. The van der Waals surface area contributed by atoms with E-state index in [0.29, 0.717) is 11.5 Å². The van der Waals surface area contributed by atoms with E-state index >= 15 is 0 Å². The number of piperidine rings is 1. The molecular weight excluding hydrogens is 316 g/mol. The van der Waals surface area contributed by atoms with Gasteiger partial charge in [-0.05, 0) is 38.7 Å². The van der Waals surface area contributed by atoms with Crippen LogP contribution in [0.5, 0.6) is 0 Å². The van der Waals surface area contributed by atoms with Gasteiger partial charge < -0.3 is 9.88 Å². The van der Waals surface area contributed by atoms with Gasteiger partial charge in [0.1, 0.15) is 11.8 Å². The summed E-state index contributed by atoms with van der Waals surface area (Å²) in [5.41, 5.74) is 3.83. The second kappa shape index (κ2) is 6.31. The highest BCUT2D eigenvalue weighted by atomic mass is 16.1. The fourth-order valence-corrected chi connectivity index (χ4v) is 3.59. The van der Waals surface area contributed by atoms with Crippen molar-refractivity contribution in [3.8, 4) is 0 Å². The van der Waals surface area contributed by atoms with Crippen molar-refractivity contribution in [3.05, 3.63) is 46.5 Å². The zero-order valence-electron chi connectivity index (χ0n) is 14.6. The molecule has 0 unspecified atom stereocenters. The fraction of sp³-hybridized carbons (Fsp3) is 0.444. The molecule has 130 valence electrons. The molecule has 0 aliphatic carbocycles. The highest BCUT2D eigenvalue weighted by Crippen LogP contribution is 2.27. The summed E-state index contributed by atoms with van der Waals surface area (Å²) in [5.74, 6) is 1.46. The summed E-state index contributed by atoms with van der Waals surface area (Å²) < 4.78 is 1.74. The second-order valence-corrected chi connectivity index (χ2v) is 6.87. The highest BCUT2D eigenvalue weighted by Gasteiger charge is 2.23. The van der Waals surface area contributed by atoms with Crippen molar-refractivity contribution in [1.29, 1.82) is 0 Å². The zero-order chi connectivity index (χ0) is 17.4. The molecule has 7 nitrogen and oxygen atoms in total. The molecule has 1 aliphatic heterocycles. The van der Waals surface area contributed by atoms with E-state index in [2.05, 4.69) is 24.8 Å². The number of aryl methyl sites for hydroxylation is 2. The molecule has 25 heavy (non-hydrogen) atoms. The van der Waals surface area contributed by atoms with Crippen LogP contribution in [0.2, 0.25) is 0 Å². The third-order valence-electron chi connectivity index (χ3n) is 4.97. The van der Waals surface area contributed by atoms with Crippen LogP contribution in [0.4, 0.5) is 5.82 Å². The van der Waals surface area contributed by atoms with E-state index in [1.54, 1.807) is 23.4 Å². The van der Waals surface area contributed by atoms with Gasteiger partial charge in [0.25, 0.3) is 5.56 Å². The Morgan fingerprint density at radius 1 is 1.24 bits per heavy atom. The van der Waals surface area contributed by atoms with Gasteiger partial charge in [-0.3, -0.25) is 9.36 Å². The van der Waals surface area contributed by atoms with Crippen molar-refractivity contribution in [2.45, 2.75) is 33.2 Å². The molecule has 0 atom stereocenters. The number of aromatic nitrogens is 5. The second-order valence-electron chi connectivity index (χ2n) is 6.87. The van der Waals surface area contributed by atoms with Gasteiger partial charge in [0.15, 0.2) is 5.82 Å². The number of nitrogens with zero attached hydrogens (tertiary/aromatic N) is 5. The maximum absolute atomic E-state index is 12.2. The van der Waals surface area contributed by atoms with Crippen LogP contribution < -0.4 is 10.5 Å². The van der Waals surface area contributed by atoms with Gasteiger partial charge in [-0.2, -0.15) is 0 Å². The average Bonchev–Trinajstić information content (AvgIpc) is 3.00. The largest absolute Gasteiger partial charge is 0.355 e. The lowest BCUT2D eigenvalue weighted by molar-refractivity contribution is 0.350. The standard InChI is InChI=1S/C18H22N6O/c1-12-8-19-11-24(18(12)25)9-14-3-5-23(6-4-14)17-16-15(20-10-21-17)7-13(2)22-16/h7-8,10-11,14,22H,3-6,9H2,1-2H3. The minimum absolute atomic E-state index is 0.0665. The summed E-state index contributed by atoms with van der Waals surface area (Å²) in [5, 5.41) is 0. The molecule has 0 aromatic carbocycles. The zero-order valence-corrected chi connectivity index (χ0v) is 14.6. The summed E-state index contributed by atoms with van der Waals surface area (Å²) >= 11 is 0. The lowest BCUT2D eigenvalue weighted by Gasteiger charge is -2.33. The average molecular weight is 338 g/mol. The Morgan fingerprint density at radius 3 is 2.84 bits per heavy atom. The minimum Gasteiger partial charge on any atom is -0.355 e. The molecule has 1 aliphatic rings. The van der Waals surface area contributed by atoms with E-state index in [9.17, 15) is 4.79 Å². The van der Waals surface area contributed by atoms with Gasteiger partial charge in [0.05, 0.1) is 11.8 Å². The number of aromatic amines is 1. The molecule has 4 rings (SSSR count). The first-order chi connectivity index (χ1) is 12.1. The first-order valence-corrected chi connectivity index (χ1v) is 8.68. The third kappa shape index (κ3) is 3.01. The number of fused-ring (bicyclic) bond motifs is 1. The van der Waals surface area contributed by atoms with E-state index in [-0.39, 0.29) is 5.56 Å². The molecule has 7 heteroatoms. The maximum Gasteiger partial charge on any atom is 0.256 e. The third-order valence-corrected chi connectivity index (χ3v) is 4.97. The molecule has 3 aromatic rings. The monoisotopic (exact) mass is 338 g/mol. The Labute approximate surface area is 145 Å². The smallest absolute Gasteiger partial charge is 0.256 e. The number of nitrogens with one attached hydrogen (secondary N) is 1. The number of hydrogen-bond acceptors (Lipinski definition) is 5. The van der Waals surface area contributed by atoms with E-state index in [4.69, 9.17) is 0 Å². The molecule has 0 radical (unpaired) electrons. The highest BCUT2D eigenvalue weighted by molar-refractivity contribution is 5.86. The van der Waals surface area contributed by atoms with Crippen LogP contribution in [0.15, 0.2) is 29.7 Å². The van der Waals surface area contributed by atoms with Crippen molar-refractivity contribution >= 4 is 16.9 Å². The molecule has 1 saturated heterocycles. The molecule has 3 aromatic heterocycles. The quantitative estimate of drug-likeness (QED) is 0.790. The predicted molar refractivity (Wildman–Crippen MR) is 96.8 cm³/mol. The first-order valence-electron chi connectivity index (χ1n) is 8.68. The molecule has 4 heterocycles. The summed E-state index contributed by atoms with van der Waals surface area (Å²) in [6.45, 7) is 6.45.